The molecule has 0 aliphatic carbocycles. The second-order valence-electron chi connectivity index (χ2n) is 7.99. The van der Waals surface area contributed by atoms with Gasteiger partial charge in [0.05, 0.1) is 17.1 Å². The molecule has 0 fully saturated rings. The van der Waals surface area contributed by atoms with Crippen LogP contribution in [0.1, 0.15) is 5.69 Å². The summed E-state index contributed by atoms with van der Waals surface area (Å²) in [6, 6.07) is 22.7. The van der Waals surface area contributed by atoms with Gasteiger partial charge in [-0.2, -0.15) is 0 Å². The zero-order valence-corrected chi connectivity index (χ0v) is 20.5. The van der Waals surface area contributed by atoms with Crippen molar-refractivity contribution >= 4 is 23.4 Å². The van der Waals surface area contributed by atoms with Crippen LogP contribution in [0, 0.1) is 6.92 Å². The van der Waals surface area contributed by atoms with E-state index in [-0.39, 0.29) is 22.9 Å². The molecule has 0 spiro atoms. The maximum Gasteiger partial charge on any atom is 0.295 e. The minimum atomic E-state index is -0.306. The molecule has 1 amide bonds. The summed E-state index contributed by atoms with van der Waals surface area (Å²) in [7, 11) is 1.79. The van der Waals surface area contributed by atoms with Crippen LogP contribution in [-0.2, 0) is 11.8 Å². The zero-order valence-electron chi connectivity index (χ0n) is 19.7. The molecule has 0 saturated carbocycles. The van der Waals surface area contributed by atoms with Crippen molar-refractivity contribution in [3.8, 4) is 22.8 Å². The molecule has 36 heavy (non-hydrogen) atoms. The molecular formula is C26H23N7O2S. The normalized spacial score (nSPS) is 10.9. The van der Waals surface area contributed by atoms with Gasteiger partial charge in [0.25, 0.3) is 5.56 Å². The van der Waals surface area contributed by atoms with E-state index >= 15 is 0 Å². The number of hydrogen-bond acceptors (Lipinski definition) is 6. The van der Waals surface area contributed by atoms with Gasteiger partial charge in [-0.05, 0) is 43.3 Å². The lowest BCUT2D eigenvalue weighted by molar-refractivity contribution is -0.113. The van der Waals surface area contributed by atoms with Gasteiger partial charge in [0.2, 0.25) is 5.91 Å². The standard InChI is InChI=1S/C26H23N7O2S/c1-18-23(25(35)33(31(18)2)21-11-7-4-8-12-21)28-22(34)17-36-26-30-29-24(19-13-15-27-16-14-19)32(26)20-9-5-3-6-10-20/h3-16H,17H2,1-2H3,(H,28,34). The van der Waals surface area contributed by atoms with E-state index in [1.165, 1.54) is 16.4 Å². The fourth-order valence-electron chi connectivity index (χ4n) is 3.88. The topological polar surface area (TPSA) is 99.6 Å². The Morgan fingerprint density at radius 1 is 0.917 bits per heavy atom. The molecule has 2 aromatic carbocycles. The minimum Gasteiger partial charge on any atom is -0.319 e. The summed E-state index contributed by atoms with van der Waals surface area (Å²) >= 11 is 1.25. The second kappa shape index (κ2) is 10.0. The van der Waals surface area contributed by atoms with Crippen molar-refractivity contribution in [3.05, 3.63) is 101 Å². The summed E-state index contributed by atoms with van der Waals surface area (Å²) in [5.41, 5.74) is 3.10. The molecule has 5 aromatic rings. The molecule has 3 aromatic heterocycles. The van der Waals surface area contributed by atoms with Crippen LogP contribution >= 0.6 is 11.8 Å². The van der Waals surface area contributed by atoms with Crippen LogP contribution in [0.2, 0.25) is 0 Å². The molecule has 0 unspecified atom stereocenters. The fraction of sp³-hybridized carbons (Fsp3) is 0.115. The summed E-state index contributed by atoms with van der Waals surface area (Å²) in [5, 5.41) is 12.1. The number of nitrogens with zero attached hydrogens (tertiary/aromatic N) is 6. The molecule has 0 aliphatic rings. The number of para-hydroxylation sites is 2. The van der Waals surface area contributed by atoms with Crippen molar-refractivity contribution in [1.29, 1.82) is 0 Å². The van der Waals surface area contributed by atoms with E-state index in [2.05, 4.69) is 20.5 Å². The molecule has 9 nitrogen and oxygen atoms in total. The van der Waals surface area contributed by atoms with Crippen LogP contribution in [0.3, 0.4) is 0 Å². The van der Waals surface area contributed by atoms with Gasteiger partial charge in [-0.1, -0.05) is 48.2 Å². The Hall–Kier alpha value is -4.44. The average Bonchev–Trinajstić information content (AvgIpc) is 3.43. The van der Waals surface area contributed by atoms with E-state index in [0.29, 0.717) is 16.7 Å². The first-order chi connectivity index (χ1) is 17.5. The highest BCUT2D eigenvalue weighted by molar-refractivity contribution is 7.99. The Kier molecular flexibility index (Phi) is 6.50. The number of amides is 1. The summed E-state index contributed by atoms with van der Waals surface area (Å²) in [5.74, 6) is 0.399. The first kappa shape index (κ1) is 23.3. The molecule has 0 bridgehead atoms. The molecular weight excluding hydrogens is 474 g/mol. The van der Waals surface area contributed by atoms with Crippen molar-refractivity contribution in [1.82, 2.24) is 29.1 Å². The van der Waals surface area contributed by atoms with Crippen LogP contribution in [0.4, 0.5) is 5.69 Å². The number of carbonyl (C=O) groups is 1. The van der Waals surface area contributed by atoms with Crippen LogP contribution in [0.25, 0.3) is 22.8 Å². The molecule has 5 rings (SSSR count). The van der Waals surface area contributed by atoms with Crippen molar-refractivity contribution in [2.75, 3.05) is 11.1 Å². The van der Waals surface area contributed by atoms with Crippen molar-refractivity contribution in [2.24, 2.45) is 7.05 Å². The average molecular weight is 498 g/mol. The Bertz CT molecular complexity index is 1560. The highest BCUT2D eigenvalue weighted by Gasteiger charge is 2.20. The number of benzene rings is 2. The summed E-state index contributed by atoms with van der Waals surface area (Å²) in [6.45, 7) is 1.80. The van der Waals surface area contributed by atoms with Crippen LogP contribution < -0.4 is 10.9 Å². The molecule has 10 heteroatoms. The number of pyridine rings is 1. The van der Waals surface area contributed by atoms with E-state index in [1.54, 1.807) is 31.0 Å². The maximum atomic E-state index is 13.1. The lowest BCUT2D eigenvalue weighted by Crippen LogP contribution is -2.23. The van der Waals surface area contributed by atoms with E-state index in [1.807, 2.05) is 77.4 Å². The van der Waals surface area contributed by atoms with Crippen LogP contribution in [0.15, 0.2) is 95.1 Å². The first-order valence-electron chi connectivity index (χ1n) is 11.2. The first-order valence-corrected chi connectivity index (χ1v) is 12.2. The number of hydrogen-bond donors (Lipinski definition) is 1. The zero-order chi connectivity index (χ0) is 25.1. The van der Waals surface area contributed by atoms with Crippen LogP contribution in [0.5, 0.6) is 0 Å². The molecule has 0 aliphatic heterocycles. The number of rotatable bonds is 7. The third kappa shape index (κ3) is 4.46. The molecule has 180 valence electrons. The monoisotopic (exact) mass is 497 g/mol. The maximum absolute atomic E-state index is 13.1. The minimum absolute atomic E-state index is 0.0560. The fourth-order valence-corrected chi connectivity index (χ4v) is 4.63. The number of carbonyl (C=O) groups excluding carboxylic acids is 1. The van der Waals surface area contributed by atoms with Gasteiger partial charge in [0.1, 0.15) is 5.69 Å². The molecule has 0 atom stereocenters. The smallest absolute Gasteiger partial charge is 0.295 e. The van der Waals surface area contributed by atoms with E-state index in [4.69, 9.17) is 0 Å². The number of thioether (sulfide) groups is 1. The molecule has 3 heterocycles. The molecule has 0 saturated heterocycles. The summed E-state index contributed by atoms with van der Waals surface area (Å²) in [4.78, 5) is 30.1. The van der Waals surface area contributed by atoms with Crippen molar-refractivity contribution in [2.45, 2.75) is 12.1 Å². The Morgan fingerprint density at radius 3 is 2.22 bits per heavy atom. The van der Waals surface area contributed by atoms with Crippen molar-refractivity contribution in [3.63, 3.8) is 0 Å². The largest absolute Gasteiger partial charge is 0.319 e. The Morgan fingerprint density at radius 2 is 1.56 bits per heavy atom. The molecule has 1 N–H and O–H groups in total. The van der Waals surface area contributed by atoms with Gasteiger partial charge in [0.15, 0.2) is 11.0 Å². The van der Waals surface area contributed by atoms with E-state index in [0.717, 1.165) is 16.9 Å². The number of aromatic nitrogens is 6. The van der Waals surface area contributed by atoms with Gasteiger partial charge in [0, 0.05) is 30.7 Å². The third-order valence-corrected chi connectivity index (χ3v) is 6.67. The Balaban J connectivity index is 1.39. The summed E-state index contributed by atoms with van der Waals surface area (Å²) in [6.07, 6.45) is 3.40. The lowest BCUT2D eigenvalue weighted by atomic mass is 10.2. The van der Waals surface area contributed by atoms with Gasteiger partial charge in [-0.3, -0.25) is 23.8 Å². The highest BCUT2D eigenvalue weighted by atomic mass is 32.2. The second-order valence-corrected chi connectivity index (χ2v) is 8.93. The van der Waals surface area contributed by atoms with Gasteiger partial charge >= 0.3 is 0 Å². The van der Waals surface area contributed by atoms with E-state index in [9.17, 15) is 9.59 Å². The third-order valence-electron chi connectivity index (χ3n) is 5.74. The Labute approximate surface area is 211 Å². The number of anilines is 1. The predicted octanol–water partition coefficient (Wildman–Crippen LogP) is 3.86. The lowest BCUT2D eigenvalue weighted by Gasteiger charge is -2.10. The highest BCUT2D eigenvalue weighted by Crippen LogP contribution is 2.27. The molecule has 0 radical (unpaired) electrons. The van der Waals surface area contributed by atoms with Gasteiger partial charge in [-0.15, -0.1) is 10.2 Å². The summed E-state index contributed by atoms with van der Waals surface area (Å²) < 4.78 is 5.17. The van der Waals surface area contributed by atoms with Crippen LogP contribution in [-0.4, -0.2) is 40.8 Å². The van der Waals surface area contributed by atoms with E-state index < -0.39 is 0 Å². The van der Waals surface area contributed by atoms with Gasteiger partial charge < -0.3 is 5.32 Å². The van der Waals surface area contributed by atoms with Crippen molar-refractivity contribution < 1.29 is 4.79 Å². The predicted molar refractivity (Wildman–Crippen MR) is 140 cm³/mol. The quantitative estimate of drug-likeness (QED) is 0.343. The van der Waals surface area contributed by atoms with Gasteiger partial charge in [-0.25, -0.2) is 4.68 Å². The SMILES string of the molecule is Cc1c(NC(=O)CSc2nnc(-c3ccncc3)n2-c2ccccc2)c(=O)n(-c2ccccc2)n1C. The number of nitrogens with one attached hydrogen (secondary N) is 1.